The van der Waals surface area contributed by atoms with E-state index in [2.05, 4.69) is 43.4 Å². The number of pyridine rings is 1. The van der Waals surface area contributed by atoms with Gasteiger partial charge in [0.1, 0.15) is 0 Å². The van der Waals surface area contributed by atoms with E-state index in [4.69, 9.17) is 4.98 Å². The molecule has 0 fully saturated rings. The van der Waals surface area contributed by atoms with Gasteiger partial charge in [-0.05, 0) is 38.6 Å². The topological polar surface area (TPSA) is 24.9 Å². The number of fused-ring (bicyclic) bond motifs is 1. The van der Waals surface area contributed by atoms with Crippen molar-refractivity contribution in [2.75, 3.05) is 13.6 Å². The van der Waals surface area contributed by atoms with Crippen LogP contribution < -0.4 is 5.32 Å². The SMILES string of the molecule is CNCCc1ccc2cc(C)cc(C)c2n1. The van der Waals surface area contributed by atoms with Crippen LogP contribution in [-0.4, -0.2) is 18.6 Å². The summed E-state index contributed by atoms with van der Waals surface area (Å²) in [7, 11) is 1.97. The lowest BCUT2D eigenvalue weighted by Gasteiger charge is -2.06. The molecule has 0 saturated carbocycles. The first-order chi connectivity index (χ1) is 7.70. The molecule has 0 saturated heterocycles. The van der Waals surface area contributed by atoms with Gasteiger partial charge in [0.15, 0.2) is 0 Å². The van der Waals surface area contributed by atoms with Crippen molar-refractivity contribution in [1.29, 1.82) is 0 Å². The molecule has 0 spiro atoms. The number of aryl methyl sites for hydroxylation is 2. The maximum atomic E-state index is 4.71. The molecule has 0 radical (unpaired) electrons. The standard InChI is InChI=1S/C14H18N2/c1-10-8-11(2)14-12(9-10)4-5-13(16-14)6-7-15-3/h4-5,8-9,15H,6-7H2,1-3H3. The third-order valence-corrected chi connectivity index (χ3v) is 2.82. The lowest BCUT2D eigenvalue weighted by molar-refractivity contribution is 0.779. The fourth-order valence-electron chi connectivity index (χ4n) is 2.03. The van der Waals surface area contributed by atoms with E-state index < -0.39 is 0 Å². The Balaban J connectivity index is 2.45. The first-order valence-corrected chi connectivity index (χ1v) is 5.72. The maximum Gasteiger partial charge on any atom is 0.0734 e. The van der Waals surface area contributed by atoms with E-state index in [9.17, 15) is 0 Å². The van der Waals surface area contributed by atoms with Crippen LogP contribution >= 0.6 is 0 Å². The van der Waals surface area contributed by atoms with E-state index >= 15 is 0 Å². The molecule has 84 valence electrons. The molecule has 1 N–H and O–H groups in total. The van der Waals surface area contributed by atoms with Gasteiger partial charge < -0.3 is 5.32 Å². The highest BCUT2D eigenvalue weighted by molar-refractivity contribution is 5.82. The molecule has 0 aliphatic carbocycles. The van der Waals surface area contributed by atoms with Gasteiger partial charge in [0.05, 0.1) is 5.52 Å². The lowest BCUT2D eigenvalue weighted by Crippen LogP contribution is -2.11. The Bertz CT molecular complexity index is 503. The second-order valence-corrected chi connectivity index (χ2v) is 4.31. The van der Waals surface area contributed by atoms with Gasteiger partial charge in [0.25, 0.3) is 0 Å². The van der Waals surface area contributed by atoms with E-state index in [-0.39, 0.29) is 0 Å². The molecule has 2 rings (SSSR count). The Labute approximate surface area is 96.7 Å². The molecule has 0 aliphatic rings. The normalized spacial score (nSPS) is 10.9. The number of hydrogen-bond acceptors (Lipinski definition) is 2. The number of likely N-dealkylation sites (N-methyl/N-ethyl adjacent to an activating group) is 1. The summed E-state index contributed by atoms with van der Waals surface area (Å²) in [6, 6.07) is 8.68. The van der Waals surface area contributed by atoms with Crippen LogP contribution in [0.4, 0.5) is 0 Å². The summed E-state index contributed by atoms with van der Waals surface area (Å²) in [5, 5.41) is 4.39. The molecule has 1 aromatic carbocycles. The van der Waals surface area contributed by atoms with Crippen molar-refractivity contribution in [1.82, 2.24) is 10.3 Å². The minimum atomic E-state index is 0.976. The Morgan fingerprint density at radius 3 is 2.75 bits per heavy atom. The average molecular weight is 214 g/mol. The van der Waals surface area contributed by atoms with Crippen molar-refractivity contribution in [3.8, 4) is 0 Å². The molecular formula is C14H18N2. The maximum absolute atomic E-state index is 4.71. The molecule has 16 heavy (non-hydrogen) atoms. The van der Waals surface area contributed by atoms with E-state index in [1.807, 2.05) is 7.05 Å². The van der Waals surface area contributed by atoms with Crippen LogP contribution in [0.25, 0.3) is 10.9 Å². The fraction of sp³-hybridized carbons (Fsp3) is 0.357. The van der Waals surface area contributed by atoms with Crippen molar-refractivity contribution in [2.24, 2.45) is 0 Å². The molecule has 0 atom stereocenters. The van der Waals surface area contributed by atoms with Crippen LogP contribution in [-0.2, 0) is 6.42 Å². The predicted molar refractivity (Wildman–Crippen MR) is 68.8 cm³/mol. The van der Waals surface area contributed by atoms with Crippen LogP contribution in [0.15, 0.2) is 24.3 Å². The summed E-state index contributed by atoms with van der Waals surface area (Å²) >= 11 is 0. The molecule has 0 amide bonds. The van der Waals surface area contributed by atoms with E-state index in [0.717, 1.165) is 24.2 Å². The van der Waals surface area contributed by atoms with Gasteiger partial charge in [0.2, 0.25) is 0 Å². The number of hydrogen-bond donors (Lipinski definition) is 1. The third-order valence-electron chi connectivity index (χ3n) is 2.82. The lowest BCUT2D eigenvalue weighted by atomic mass is 10.1. The van der Waals surface area contributed by atoms with Crippen LogP contribution in [0.3, 0.4) is 0 Å². The summed E-state index contributed by atoms with van der Waals surface area (Å²) in [6.45, 7) is 5.23. The van der Waals surface area contributed by atoms with Gasteiger partial charge in [-0.15, -0.1) is 0 Å². The van der Waals surface area contributed by atoms with Crippen molar-refractivity contribution in [3.05, 3.63) is 41.1 Å². The minimum Gasteiger partial charge on any atom is -0.319 e. The number of benzene rings is 1. The van der Waals surface area contributed by atoms with Gasteiger partial charge in [-0.1, -0.05) is 17.7 Å². The first kappa shape index (κ1) is 11.1. The highest BCUT2D eigenvalue weighted by atomic mass is 14.8. The van der Waals surface area contributed by atoms with Gasteiger partial charge in [0, 0.05) is 24.0 Å². The molecule has 0 aliphatic heterocycles. The molecule has 2 aromatic rings. The van der Waals surface area contributed by atoms with Crippen molar-refractivity contribution < 1.29 is 0 Å². The van der Waals surface area contributed by atoms with Crippen molar-refractivity contribution in [3.63, 3.8) is 0 Å². The minimum absolute atomic E-state index is 0.976. The highest BCUT2D eigenvalue weighted by Gasteiger charge is 2.02. The van der Waals surface area contributed by atoms with Gasteiger partial charge >= 0.3 is 0 Å². The van der Waals surface area contributed by atoms with Gasteiger partial charge in [-0.2, -0.15) is 0 Å². The monoisotopic (exact) mass is 214 g/mol. The zero-order valence-corrected chi connectivity index (χ0v) is 10.2. The summed E-state index contributed by atoms with van der Waals surface area (Å²) in [6.07, 6.45) is 0.986. The van der Waals surface area contributed by atoms with Crippen LogP contribution in [0, 0.1) is 13.8 Å². The largest absolute Gasteiger partial charge is 0.319 e. The second-order valence-electron chi connectivity index (χ2n) is 4.31. The molecule has 1 aromatic heterocycles. The van der Waals surface area contributed by atoms with Crippen LogP contribution in [0.2, 0.25) is 0 Å². The van der Waals surface area contributed by atoms with Crippen molar-refractivity contribution in [2.45, 2.75) is 20.3 Å². The summed E-state index contributed by atoms with van der Waals surface area (Å²) < 4.78 is 0. The summed E-state index contributed by atoms with van der Waals surface area (Å²) in [5.74, 6) is 0. The molecule has 0 bridgehead atoms. The Morgan fingerprint density at radius 2 is 2.00 bits per heavy atom. The van der Waals surface area contributed by atoms with Crippen LogP contribution in [0.5, 0.6) is 0 Å². The number of rotatable bonds is 3. The first-order valence-electron chi connectivity index (χ1n) is 5.72. The molecule has 0 unspecified atom stereocenters. The van der Waals surface area contributed by atoms with E-state index in [1.54, 1.807) is 0 Å². The smallest absolute Gasteiger partial charge is 0.0734 e. The average Bonchev–Trinajstić information content (AvgIpc) is 2.26. The molecule has 1 heterocycles. The Kier molecular flexibility index (Phi) is 3.20. The molecule has 2 nitrogen and oxygen atoms in total. The van der Waals surface area contributed by atoms with Crippen LogP contribution in [0.1, 0.15) is 16.8 Å². The molecular weight excluding hydrogens is 196 g/mol. The zero-order valence-electron chi connectivity index (χ0n) is 10.2. The van der Waals surface area contributed by atoms with Gasteiger partial charge in [-0.3, -0.25) is 4.98 Å². The number of nitrogens with one attached hydrogen (secondary N) is 1. The predicted octanol–water partition coefficient (Wildman–Crippen LogP) is 2.61. The summed E-state index contributed by atoms with van der Waals surface area (Å²) in [4.78, 5) is 4.71. The quantitative estimate of drug-likeness (QED) is 0.849. The fourth-order valence-corrected chi connectivity index (χ4v) is 2.03. The Morgan fingerprint density at radius 1 is 1.19 bits per heavy atom. The second kappa shape index (κ2) is 4.62. The Hall–Kier alpha value is -1.41. The van der Waals surface area contributed by atoms with Gasteiger partial charge in [-0.25, -0.2) is 0 Å². The van der Waals surface area contributed by atoms with E-state index in [1.165, 1.54) is 16.5 Å². The van der Waals surface area contributed by atoms with E-state index in [0.29, 0.717) is 0 Å². The summed E-state index contributed by atoms with van der Waals surface area (Å²) in [5.41, 5.74) is 4.86. The number of nitrogens with zero attached hydrogens (tertiary/aromatic N) is 1. The third kappa shape index (κ3) is 2.22. The molecule has 2 heteroatoms. The number of aromatic nitrogens is 1. The zero-order chi connectivity index (χ0) is 11.5. The highest BCUT2D eigenvalue weighted by Crippen LogP contribution is 2.19. The van der Waals surface area contributed by atoms with Crippen molar-refractivity contribution >= 4 is 10.9 Å².